The van der Waals surface area contributed by atoms with E-state index in [4.69, 9.17) is 0 Å². The van der Waals surface area contributed by atoms with Crippen LogP contribution in [0.2, 0.25) is 0 Å². The zero-order valence-electron chi connectivity index (χ0n) is 8.93. The van der Waals surface area contributed by atoms with Gasteiger partial charge in [0.1, 0.15) is 6.04 Å². The molecule has 72 valence electrons. The molecule has 1 aliphatic rings. The van der Waals surface area contributed by atoms with Gasteiger partial charge in [0.15, 0.2) is 0 Å². The van der Waals surface area contributed by atoms with Crippen molar-refractivity contribution in [3.63, 3.8) is 0 Å². The van der Waals surface area contributed by atoms with E-state index in [1.54, 1.807) is 0 Å². The fourth-order valence-corrected chi connectivity index (χ4v) is 2.38. The van der Waals surface area contributed by atoms with Gasteiger partial charge < -0.3 is 9.80 Å². The van der Waals surface area contributed by atoms with Crippen LogP contribution in [0.15, 0.2) is 0 Å². The summed E-state index contributed by atoms with van der Waals surface area (Å²) < 4.78 is 1.10. The van der Waals surface area contributed by atoms with Crippen molar-refractivity contribution in [3.05, 3.63) is 0 Å². The average Bonchev–Trinajstić information content (AvgIpc) is 2.03. The molecule has 1 N–H and O–H groups in total. The Morgan fingerprint density at radius 1 is 1.08 bits per heavy atom. The number of hydrogen-bond donors (Lipinski definition) is 1. The van der Waals surface area contributed by atoms with Crippen LogP contribution in [0.4, 0.5) is 0 Å². The van der Waals surface area contributed by atoms with Crippen LogP contribution in [0.25, 0.3) is 0 Å². The molecule has 1 rings (SSSR count). The highest BCUT2D eigenvalue weighted by Crippen LogP contribution is 2.24. The van der Waals surface area contributed by atoms with Crippen molar-refractivity contribution >= 4 is 0 Å². The molecular weight excluding hydrogens is 148 g/mol. The van der Waals surface area contributed by atoms with E-state index >= 15 is 0 Å². The van der Waals surface area contributed by atoms with Crippen LogP contribution in [0.3, 0.4) is 0 Å². The van der Waals surface area contributed by atoms with Gasteiger partial charge in [-0.3, -0.25) is 0 Å². The Hall–Kier alpha value is -0.0800. The van der Waals surface area contributed by atoms with Crippen LogP contribution in [-0.2, 0) is 0 Å². The summed E-state index contributed by atoms with van der Waals surface area (Å²) in [6.07, 6.45) is 5.56. The normalized spacial score (nSPS) is 32.0. The Morgan fingerprint density at radius 2 is 1.67 bits per heavy atom. The first-order valence-corrected chi connectivity index (χ1v) is 5.04. The minimum absolute atomic E-state index is 0.735. The van der Waals surface area contributed by atoms with Crippen LogP contribution in [0, 0.1) is 0 Å². The van der Waals surface area contributed by atoms with E-state index < -0.39 is 0 Å². The predicted molar refractivity (Wildman–Crippen MR) is 53.1 cm³/mol. The maximum absolute atomic E-state index is 3.44. The molecule has 2 nitrogen and oxygen atoms in total. The SMILES string of the molecule is CNC1CCCCC1[N+](C)(C)C. The highest BCUT2D eigenvalue weighted by Gasteiger charge is 2.33. The molecule has 2 unspecified atom stereocenters. The topological polar surface area (TPSA) is 12.0 Å². The monoisotopic (exact) mass is 171 g/mol. The van der Waals surface area contributed by atoms with Crippen molar-refractivity contribution < 1.29 is 4.48 Å². The van der Waals surface area contributed by atoms with Gasteiger partial charge in [0.25, 0.3) is 0 Å². The lowest BCUT2D eigenvalue weighted by Gasteiger charge is -2.41. The lowest BCUT2D eigenvalue weighted by Crippen LogP contribution is -2.56. The molecule has 0 saturated heterocycles. The highest BCUT2D eigenvalue weighted by molar-refractivity contribution is 4.80. The standard InChI is InChI=1S/C10H23N2/c1-11-9-7-5-6-8-10(9)12(2,3)4/h9-11H,5-8H2,1-4H3/q+1. The van der Waals surface area contributed by atoms with Gasteiger partial charge in [0, 0.05) is 6.42 Å². The van der Waals surface area contributed by atoms with Gasteiger partial charge in [-0.15, -0.1) is 0 Å². The van der Waals surface area contributed by atoms with Crippen molar-refractivity contribution in [3.8, 4) is 0 Å². The van der Waals surface area contributed by atoms with Crippen molar-refractivity contribution in [2.75, 3.05) is 28.2 Å². The smallest absolute Gasteiger partial charge is 0.104 e. The predicted octanol–water partition coefficient (Wildman–Crippen LogP) is 1.22. The molecule has 2 atom stereocenters. The quantitative estimate of drug-likeness (QED) is 0.616. The number of hydrogen-bond acceptors (Lipinski definition) is 1. The molecule has 0 aliphatic heterocycles. The Balaban J connectivity index is 2.59. The molecule has 0 bridgehead atoms. The largest absolute Gasteiger partial charge is 0.327 e. The summed E-state index contributed by atoms with van der Waals surface area (Å²) in [5.74, 6) is 0. The van der Waals surface area contributed by atoms with Gasteiger partial charge in [-0.05, 0) is 19.9 Å². The summed E-state index contributed by atoms with van der Waals surface area (Å²) in [6, 6.07) is 1.54. The molecule has 1 fully saturated rings. The molecule has 0 amide bonds. The third-order valence-corrected chi connectivity index (χ3v) is 3.10. The summed E-state index contributed by atoms with van der Waals surface area (Å²) in [7, 11) is 9.01. The van der Waals surface area contributed by atoms with E-state index in [0.717, 1.165) is 16.6 Å². The molecule has 0 heterocycles. The maximum Gasteiger partial charge on any atom is 0.104 e. The first kappa shape index (κ1) is 10.0. The minimum Gasteiger partial charge on any atom is -0.327 e. The van der Waals surface area contributed by atoms with Crippen molar-refractivity contribution in [1.29, 1.82) is 0 Å². The molecule has 0 aromatic rings. The van der Waals surface area contributed by atoms with Crippen LogP contribution in [0.5, 0.6) is 0 Å². The van der Waals surface area contributed by atoms with E-state index in [-0.39, 0.29) is 0 Å². The van der Waals surface area contributed by atoms with Crippen LogP contribution >= 0.6 is 0 Å². The number of likely N-dealkylation sites (N-methyl/N-ethyl adjacent to an activating group) is 2. The molecule has 0 aromatic heterocycles. The maximum atomic E-state index is 3.44. The van der Waals surface area contributed by atoms with E-state index in [1.807, 2.05) is 0 Å². The third kappa shape index (κ3) is 2.20. The van der Waals surface area contributed by atoms with Gasteiger partial charge in [0.05, 0.1) is 27.2 Å². The minimum atomic E-state index is 0.735. The summed E-state index contributed by atoms with van der Waals surface area (Å²) >= 11 is 0. The van der Waals surface area contributed by atoms with Crippen molar-refractivity contribution in [2.45, 2.75) is 37.8 Å². The number of quaternary nitrogens is 1. The van der Waals surface area contributed by atoms with Gasteiger partial charge in [-0.2, -0.15) is 0 Å². The second-order valence-electron chi connectivity index (χ2n) is 4.86. The first-order valence-electron chi connectivity index (χ1n) is 5.04. The summed E-state index contributed by atoms with van der Waals surface area (Å²) in [5.41, 5.74) is 0. The fraction of sp³-hybridized carbons (Fsp3) is 1.00. The van der Waals surface area contributed by atoms with Gasteiger partial charge >= 0.3 is 0 Å². The zero-order valence-corrected chi connectivity index (χ0v) is 8.93. The molecule has 2 heteroatoms. The molecule has 0 spiro atoms. The van der Waals surface area contributed by atoms with E-state index in [1.165, 1.54) is 25.7 Å². The van der Waals surface area contributed by atoms with Gasteiger partial charge in [0.2, 0.25) is 0 Å². The molecular formula is C10H23N2+. The summed E-state index contributed by atoms with van der Waals surface area (Å²) in [5, 5.41) is 3.44. The lowest BCUT2D eigenvalue weighted by molar-refractivity contribution is -0.898. The number of rotatable bonds is 2. The zero-order chi connectivity index (χ0) is 9.19. The van der Waals surface area contributed by atoms with Crippen LogP contribution in [-0.4, -0.2) is 44.8 Å². The molecule has 1 saturated carbocycles. The Morgan fingerprint density at radius 3 is 2.08 bits per heavy atom. The third-order valence-electron chi connectivity index (χ3n) is 3.10. The van der Waals surface area contributed by atoms with E-state index in [0.29, 0.717) is 0 Å². The fourth-order valence-electron chi connectivity index (χ4n) is 2.38. The van der Waals surface area contributed by atoms with E-state index in [2.05, 4.69) is 33.5 Å². The van der Waals surface area contributed by atoms with Crippen LogP contribution in [0.1, 0.15) is 25.7 Å². The summed E-state index contributed by atoms with van der Waals surface area (Å²) in [6.45, 7) is 0. The summed E-state index contributed by atoms with van der Waals surface area (Å²) in [4.78, 5) is 0. The molecule has 0 aromatic carbocycles. The van der Waals surface area contributed by atoms with E-state index in [9.17, 15) is 0 Å². The van der Waals surface area contributed by atoms with Crippen LogP contribution < -0.4 is 5.32 Å². The highest BCUT2D eigenvalue weighted by atomic mass is 15.3. The van der Waals surface area contributed by atoms with Gasteiger partial charge in [-0.1, -0.05) is 6.42 Å². The second kappa shape index (κ2) is 3.75. The Kier molecular flexibility index (Phi) is 3.13. The van der Waals surface area contributed by atoms with Crippen molar-refractivity contribution in [1.82, 2.24) is 5.32 Å². The molecule has 1 aliphatic carbocycles. The van der Waals surface area contributed by atoms with Crippen molar-refractivity contribution in [2.24, 2.45) is 0 Å². The van der Waals surface area contributed by atoms with Gasteiger partial charge in [-0.25, -0.2) is 0 Å². The Labute approximate surface area is 76.5 Å². The first-order chi connectivity index (χ1) is 5.55. The molecule has 0 radical (unpaired) electrons. The molecule has 12 heavy (non-hydrogen) atoms. The second-order valence-corrected chi connectivity index (χ2v) is 4.86. The Bertz CT molecular complexity index is 137. The average molecular weight is 171 g/mol. The lowest BCUT2D eigenvalue weighted by atomic mass is 9.88. The number of nitrogens with zero attached hydrogens (tertiary/aromatic N) is 1. The number of nitrogens with one attached hydrogen (secondary N) is 1.